The van der Waals surface area contributed by atoms with Gasteiger partial charge in [-0.25, -0.2) is 21.9 Å². The number of nitrogens with one attached hydrogen (secondary N) is 1. The topological polar surface area (TPSA) is 92.8 Å². The number of sulfonamides is 1. The number of likely N-dealkylation sites (tertiary alicyclic amines) is 1. The Morgan fingerprint density at radius 1 is 1.09 bits per heavy atom. The molecule has 7 nitrogen and oxygen atoms in total. The molecule has 0 aromatic heterocycles. The van der Waals surface area contributed by atoms with Gasteiger partial charge in [0.25, 0.3) is 0 Å². The van der Waals surface area contributed by atoms with Crippen molar-refractivity contribution in [2.24, 2.45) is 5.92 Å². The maximum atomic E-state index is 13.9. The molecule has 1 fully saturated rings. The van der Waals surface area contributed by atoms with Crippen LogP contribution in [0.15, 0.2) is 47.4 Å². The minimum absolute atomic E-state index is 0.0343. The van der Waals surface area contributed by atoms with Crippen molar-refractivity contribution in [2.45, 2.75) is 31.1 Å². The van der Waals surface area contributed by atoms with Gasteiger partial charge in [-0.1, -0.05) is 0 Å². The molecule has 1 saturated heterocycles. The third-order valence-corrected chi connectivity index (χ3v) is 6.97. The fraction of sp³-hybridized carbons (Fsp3) is 0.391. The van der Waals surface area contributed by atoms with Crippen molar-refractivity contribution in [1.29, 1.82) is 0 Å². The molecule has 1 amide bonds. The summed E-state index contributed by atoms with van der Waals surface area (Å²) in [6.07, 6.45) is 0.629. The van der Waals surface area contributed by atoms with Crippen LogP contribution >= 0.6 is 0 Å². The molecular formula is C23H26F2N2O5S. The molecule has 10 heteroatoms. The minimum Gasteiger partial charge on any atom is -0.494 e. The van der Waals surface area contributed by atoms with E-state index < -0.39 is 33.4 Å². The number of nitrogens with zero attached hydrogens (tertiary/aromatic N) is 1. The maximum Gasteiger partial charge on any atom is 0.240 e. The Morgan fingerprint density at radius 2 is 1.76 bits per heavy atom. The minimum atomic E-state index is -3.76. The van der Waals surface area contributed by atoms with Crippen molar-refractivity contribution in [2.75, 3.05) is 26.2 Å². The lowest BCUT2D eigenvalue weighted by atomic mass is 9.88. The van der Waals surface area contributed by atoms with Gasteiger partial charge in [0.2, 0.25) is 15.9 Å². The molecule has 0 aliphatic carbocycles. The molecule has 0 unspecified atom stereocenters. The van der Waals surface area contributed by atoms with Gasteiger partial charge in [-0.2, -0.15) is 0 Å². The monoisotopic (exact) mass is 480 g/mol. The average molecular weight is 481 g/mol. The van der Waals surface area contributed by atoms with Gasteiger partial charge in [-0.15, -0.1) is 0 Å². The van der Waals surface area contributed by atoms with Crippen LogP contribution < -0.4 is 9.46 Å². The summed E-state index contributed by atoms with van der Waals surface area (Å²) >= 11 is 0. The number of hydrogen-bond acceptors (Lipinski definition) is 5. The normalized spacial score (nSPS) is 14.8. The molecule has 33 heavy (non-hydrogen) atoms. The molecule has 0 radical (unpaired) electrons. The van der Waals surface area contributed by atoms with Gasteiger partial charge in [-0.05, 0) is 62.2 Å². The average Bonchev–Trinajstić information content (AvgIpc) is 2.80. The number of hydrogen-bond donors (Lipinski definition) is 1. The van der Waals surface area contributed by atoms with Crippen molar-refractivity contribution < 1.29 is 31.5 Å². The van der Waals surface area contributed by atoms with Gasteiger partial charge in [0.05, 0.1) is 17.1 Å². The van der Waals surface area contributed by atoms with E-state index in [9.17, 15) is 26.8 Å². The number of carbonyl (C=O) groups excluding carboxylic acids is 2. The standard InChI is InChI=1S/C23H26F2N2O5S/c1-2-32-18-4-6-19(7-5-18)33(30,31)26-12-9-22(28)27-13-10-16(11-14-27)23(29)20-15-17(24)3-8-21(20)25/h3-8,15-16,26H,2,9-14H2,1H3. The first-order valence-corrected chi connectivity index (χ1v) is 12.2. The van der Waals surface area contributed by atoms with Crippen LogP contribution in [0, 0.1) is 17.6 Å². The Hall–Kier alpha value is -2.85. The summed E-state index contributed by atoms with van der Waals surface area (Å²) in [6, 6.07) is 8.75. The van der Waals surface area contributed by atoms with E-state index in [0.717, 1.165) is 18.2 Å². The summed E-state index contributed by atoms with van der Waals surface area (Å²) < 4.78 is 59.7. The number of carbonyl (C=O) groups is 2. The molecular weight excluding hydrogens is 454 g/mol. The van der Waals surface area contributed by atoms with E-state index >= 15 is 0 Å². The molecule has 1 N–H and O–H groups in total. The smallest absolute Gasteiger partial charge is 0.240 e. The molecule has 0 spiro atoms. The predicted octanol–water partition coefficient (Wildman–Crippen LogP) is 3.15. The Labute approximate surface area is 191 Å². The second kappa shape index (κ2) is 10.8. The Balaban J connectivity index is 1.47. The van der Waals surface area contributed by atoms with Crippen LogP contribution in [0.1, 0.15) is 36.5 Å². The van der Waals surface area contributed by atoms with E-state index in [-0.39, 0.29) is 42.4 Å². The molecule has 0 atom stereocenters. The number of piperidine rings is 1. The quantitative estimate of drug-likeness (QED) is 0.557. The van der Waals surface area contributed by atoms with Crippen molar-refractivity contribution in [3.63, 3.8) is 0 Å². The Bertz CT molecular complexity index is 1100. The zero-order chi connectivity index (χ0) is 24.0. The maximum absolute atomic E-state index is 13.9. The fourth-order valence-corrected chi connectivity index (χ4v) is 4.74. The summed E-state index contributed by atoms with van der Waals surface area (Å²) in [5, 5.41) is 0. The van der Waals surface area contributed by atoms with Crippen molar-refractivity contribution >= 4 is 21.7 Å². The number of halogens is 2. The largest absolute Gasteiger partial charge is 0.494 e. The van der Waals surface area contributed by atoms with Gasteiger partial charge >= 0.3 is 0 Å². The summed E-state index contributed by atoms with van der Waals surface area (Å²) in [5.74, 6) is -2.09. The van der Waals surface area contributed by atoms with Crippen LogP contribution in [0.25, 0.3) is 0 Å². The van der Waals surface area contributed by atoms with Gasteiger partial charge in [-0.3, -0.25) is 9.59 Å². The summed E-state index contributed by atoms with van der Waals surface area (Å²) in [6.45, 7) is 2.81. The van der Waals surface area contributed by atoms with Crippen LogP contribution in [0.3, 0.4) is 0 Å². The molecule has 0 bridgehead atoms. The molecule has 2 aromatic rings. The predicted molar refractivity (Wildman–Crippen MR) is 117 cm³/mol. The zero-order valence-electron chi connectivity index (χ0n) is 18.2. The zero-order valence-corrected chi connectivity index (χ0v) is 19.0. The Kier molecular flexibility index (Phi) is 8.15. The lowest BCUT2D eigenvalue weighted by molar-refractivity contribution is -0.132. The van der Waals surface area contributed by atoms with E-state index in [1.165, 1.54) is 12.1 Å². The third kappa shape index (κ3) is 6.35. The second-order valence-electron chi connectivity index (χ2n) is 7.70. The lowest BCUT2D eigenvalue weighted by Gasteiger charge is -2.31. The van der Waals surface area contributed by atoms with Gasteiger partial charge in [0, 0.05) is 32.0 Å². The first-order valence-electron chi connectivity index (χ1n) is 10.7. The highest BCUT2D eigenvalue weighted by molar-refractivity contribution is 7.89. The second-order valence-corrected chi connectivity index (χ2v) is 9.46. The van der Waals surface area contributed by atoms with E-state index in [0.29, 0.717) is 25.2 Å². The number of rotatable bonds is 9. The van der Waals surface area contributed by atoms with Crippen molar-refractivity contribution in [3.8, 4) is 5.75 Å². The summed E-state index contributed by atoms with van der Waals surface area (Å²) in [7, 11) is -3.76. The molecule has 0 saturated carbocycles. The summed E-state index contributed by atoms with van der Waals surface area (Å²) in [4.78, 5) is 26.6. The van der Waals surface area contributed by atoms with Crippen molar-refractivity contribution in [3.05, 3.63) is 59.7 Å². The van der Waals surface area contributed by atoms with E-state index in [1.807, 2.05) is 6.92 Å². The SMILES string of the molecule is CCOc1ccc(S(=O)(=O)NCCC(=O)N2CCC(C(=O)c3cc(F)ccc3F)CC2)cc1. The number of amides is 1. The lowest BCUT2D eigenvalue weighted by Crippen LogP contribution is -2.41. The number of ether oxygens (including phenoxy) is 1. The highest BCUT2D eigenvalue weighted by atomic mass is 32.2. The molecule has 3 rings (SSSR count). The molecule has 1 heterocycles. The van der Waals surface area contributed by atoms with Crippen LogP contribution in [-0.2, 0) is 14.8 Å². The highest BCUT2D eigenvalue weighted by Gasteiger charge is 2.29. The summed E-state index contributed by atoms with van der Waals surface area (Å²) in [5.41, 5.74) is -0.275. The van der Waals surface area contributed by atoms with Crippen molar-refractivity contribution in [1.82, 2.24) is 9.62 Å². The first-order chi connectivity index (χ1) is 15.7. The van der Waals surface area contributed by atoms with E-state index in [4.69, 9.17) is 4.74 Å². The molecule has 1 aliphatic rings. The number of Topliss-reactive ketones (excluding diaryl/α,β-unsaturated/α-hetero) is 1. The number of benzene rings is 2. The van der Waals surface area contributed by atoms with Crippen LogP contribution in [0.2, 0.25) is 0 Å². The van der Waals surface area contributed by atoms with Crippen LogP contribution in [-0.4, -0.2) is 51.2 Å². The van der Waals surface area contributed by atoms with Crippen LogP contribution in [0.4, 0.5) is 8.78 Å². The first kappa shape index (κ1) is 24.8. The van der Waals surface area contributed by atoms with E-state index in [1.54, 1.807) is 17.0 Å². The molecule has 1 aliphatic heterocycles. The Morgan fingerprint density at radius 3 is 2.39 bits per heavy atom. The van der Waals surface area contributed by atoms with Gasteiger partial charge < -0.3 is 9.64 Å². The molecule has 178 valence electrons. The van der Waals surface area contributed by atoms with Crippen LogP contribution in [0.5, 0.6) is 5.75 Å². The third-order valence-electron chi connectivity index (χ3n) is 5.49. The van der Waals surface area contributed by atoms with E-state index in [2.05, 4.69) is 4.72 Å². The van der Waals surface area contributed by atoms with Gasteiger partial charge in [0.1, 0.15) is 17.4 Å². The highest BCUT2D eigenvalue weighted by Crippen LogP contribution is 2.24. The number of ketones is 1. The van der Waals surface area contributed by atoms with Gasteiger partial charge in [0.15, 0.2) is 5.78 Å². The fourth-order valence-electron chi connectivity index (χ4n) is 3.71. The molecule has 2 aromatic carbocycles.